The first-order valence-corrected chi connectivity index (χ1v) is 8.07. The van der Waals surface area contributed by atoms with Crippen LogP contribution in [-0.2, 0) is 17.9 Å². The van der Waals surface area contributed by atoms with Crippen molar-refractivity contribution in [1.29, 1.82) is 0 Å². The van der Waals surface area contributed by atoms with Gasteiger partial charge >= 0.3 is 0 Å². The minimum Gasteiger partial charge on any atom is -0.465 e. The van der Waals surface area contributed by atoms with Gasteiger partial charge in [-0.1, -0.05) is 39.5 Å². The Kier molecular flexibility index (Phi) is 8.63. The Labute approximate surface area is 124 Å². The van der Waals surface area contributed by atoms with E-state index >= 15 is 0 Å². The summed E-state index contributed by atoms with van der Waals surface area (Å²) in [5, 5.41) is 3.28. The molecule has 1 N–H and O–H groups in total. The van der Waals surface area contributed by atoms with Crippen LogP contribution in [0, 0.1) is 6.92 Å². The second-order valence-electron chi connectivity index (χ2n) is 5.55. The molecule has 116 valence electrons. The highest BCUT2D eigenvalue weighted by Gasteiger charge is 2.09. The maximum atomic E-state index is 5.93. The Morgan fingerprint density at radius 2 is 2.05 bits per heavy atom. The van der Waals surface area contributed by atoms with E-state index < -0.39 is 0 Å². The molecule has 3 heteroatoms. The Balaban J connectivity index is 2.28. The molecule has 0 aromatic carbocycles. The molecular weight excluding hydrogens is 250 g/mol. The van der Waals surface area contributed by atoms with Crippen LogP contribution in [0.1, 0.15) is 70.0 Å². The van der Waals surface area contributed by atoms with Gasteiger partial charge in [-0.05, 0) is 32.9 Å². The lowest BCUT2D eigenvalue weighted by Gasteiger charge is -2.12. The molecular formula is C17H31NO2. The van der Waals surface area contributed by atoms with Gasteiger partial charge in [0, 0.05) is 5.56 Å². The minimum absolute atomic E-state index is 0.332. The third-order valence-electron chi connectivity index (χ3n) is 3.61. The fourth-order valence-electron chi connectivity index (χ4n) is 2.24. The molecule has 0 bridgehead atoms. The number of hydrogen-bond acceptors (Lipinski definition) is 3. The van der Waals surface area contributed by atoms with Gasteiger partial charge < -0.3 is 14.5 Å². The van der Waals surface area contributed by atoms with Gasteiger partial charge in [0.25, 0.3) is 0 Å². The molecule has 0 aliphatic rings. The number of unbranched alkanes of at least 4 members (excludes halogenated alkanes) is 3. The zero-order valence-corrected chi connectivity index (χ0v) is 13.6. The van der Waals surface area contributed by atoms with Crippen LogP contribution in [0.15, 0.2) is 10.5 Å². The van der Waals surface area contributed by atoms with E-state index in [4.69, 9.17) is 9.15 Å². The third kappa shape index (κ3) is 6.58. The molecule has 0 saturated carbocycles. The predicted octanol–water partition coefficient (Wildman–Crippen LogP) is 4.57. The Morgan fingerprint density at radius 3 is 2.75 bits per heavy atom. The van der Waals surface area contributed by atoms with Crippen molar-refractivity contribution in [2.24, 2.45) is 0 Å². The predicted molar refractivity (Wildman–Crippen MR) is 83.8 cm³/mol. The largest absolute Gasteiger partial charge is 0.465 e. The second-order valence-corrected chi connectivity index (χ2v) is 5.55. The van der Waals surface area contributed by atoms with Crippen LogP contribution < -0.4 is 5.32 Å². The molecule has 0 fully saturated rings. The quantitative estimate of drug-likeness (QED) is 0.603. The molecule has 20 heavy (non-hydrogen) atoms. The standard InChI is InChI=1S/C17H31NO2/c1-5-7-8-9-10-14(3)19-13-16-11-17(12-18-6-2)20-15(16)4/h11,14,18H,5-10,12-13H2,1-4H3. The lowest BCUT2D eigenvalue weighted by atomic mass is 10.1. The van der Waals surface area contributed by atoms with E-state index in [0.29, 0.717) is 12.7 Å². The first kappa shape index (κ1) is 17.3. The fourth-order valence-corrected chi connectivity index (χ4v) is 2.24. The molecule has 0 saturated heterocycles. The topological polar surface area (TPSA) is 34.4 Å². The summed E-state index contributed by atoms with van der Waals surface area (Å²) < 4.78 is 11.6. The Bertz CT molecular complexity index is 360. The summed E-state index contributed by atoms with van der Waals surface area (Å²) in [4.78, 5) is 0. The normalized spacial score (nSPS) is 12.8. The summed E-state index contributed by atoms with van der Waals surface area (Å²) in [6, 6.07) is 2.11. The Hall–Kier alpha value is -0.800. The first-order valence-electron chi connectivity index (χ1n) is 8.07. The van der Waals surface area contributed by atoms with Crippen LogP contribution in [-0.4, -0.2) is 12.6 Å². The van der Waals surface area contributed by atoms with E-state index in [-0.39, 0.29) is 0 Å². The van der Waals surface area contributed by atoms with Crippen molar-refractivity contribution >= 4 is 0 Å². The van der Waals surface area contributed by atoms with Gasteiger partial charge in [0.05, 0.1) is 19.3 Å². The lowest BCUT2D eigenvalue weighted by molar-refractivity contribution is 0.0453. The van der Waals surface area contributed by atoms with Crippen LogP contribution >= 0.6 is 0 Å². The van der Waals surface area contributed by atoms with E-state index in [1.54, 1.807) is 0 Å². The monoisotopic (exact) mass is 281 g/mol. The molecule has 1 rings (SSSR count). The molecule has 1 heterocycles. The molecule has 1 unspecified atom stereocenters. The lowest BCUT2D eigenvalue weighted by Crippen LogP contribution is -2.11. The summed E-state index contributed by atoms with van der Waals surface area (Å²) in [6.07, 6.45) is 6.70. The molecule has 0 aliphatic carbocycles. The van der Waals surface area contributed by atoms with E-state index in [1.165, 1.54) is 31.2 Å². The van der Waals surface area contributed by atoms with E-state index in [9.17, 15) is 0 Å². The minimum atomic E-state index is 0.332. The number of furan rings is 1. The van der Waals surface area contributed by atoms with Crippen molar-refractivity contribution in [3.8, 4) is 0 Å². The number of nitrogens with one attached hydrogen (secondary N) is 1. The maximum absolute atomic E-state index is 5.93. The van der Waals surface area contributed by atoms with Gasteiger partial charge in [0.2, 0.25) is 0 Å². The smallest absolute Gasteiger partial charge is 0.118 e. The van der Waals surface area contributed by atoms with Gasteiger partial charge in [0.1, 0.15) is 11.5 Å². The van der Waals surface area contributed by atoms with Crippen LogP contribution in [0.4, 0.5) is 0 Å². The van der Waals surface area contributed by atoms with Crippen LogP contribution in [0.2, 0.25) is 0 Å². The van der Waals surface area contributed by atoms with Crippen molar-refractivity contribution < 1.29 is 9.15 Å². The molecule has 0 radical (unpaired) electrons. The molecule has 1 aromatic heterocycles. The molecule has 3 nitrogen and oxygen atoms in total. The highest BCUT2D eigenvalue weighted by Crippen LogP contribution is 2.17. The molecule has 0 aliphatic heterocycles. The van der Waals surface area contributed by atoms with Crippen LogP contribution in [0.25, 0.3) is 0 Å². The summed E-state index contributed by atoms with van der Waals surface area (Å²) in [7, 11) is 0. The fraction of sp³-hybridized carbons (Fsp3) is 0.765. The van der Waals surface area contributed by atoms with Crippen molar-refractivity contribution in [3.05, 3.63) is 23.2 Å². The van der Waals surface area contributed by atoms with Crippen LogP contribution in [0.3, 0.4) is 0 Å². The molecule has 0 spiro atoms. The highest BCUT2D eigenvalue weighted by atomic mass is 16.5. The van der Waals surface area contributed by atoms with E-state index in [1.807, 2.05) is 6.92 Å². The number of rotatable bonds is 11. The zero-order chi connectivity index (χ0) is 14.8. The zero-order valence-electron chi connectivity index (χ0n) is 13.6. The average Bonchev–Trinajstić information content (AvgIpc) is 2.79. The summed E-state index contributed by atoms with van der Waals surface area (Å²) in [5.74, 6) is 1.98. The molecule has 0 amide bonds. The highest BCUT2D eigenvalue weighted by molar-refractivity contribution is 5.19. The van der Waals surface area contributed by atoms with Crippen molar-refractivity contribution in [2.75, 3.05) is 6.54 Å². The molecule has 1 aromatic rings. The van der Waals surface area contributed by atoms with Gasteiger partial charge in [-0.3, -0.25) is 0 Å². The second kappa shape index (κ2) is 10.0. The maximum Gasteiger partial charge on any atom is 0.118 e. The van der Waals surface area contributed by atoms with Crippen molar-refractivity contribution in [2.45, 2.75) is 79.1 Å². The SMILES string of the molecule is CCCCCCC(C)OCc1cc(CNCC)oc1C. The Morgan fingerprint density at radius 1 is 1.25 bits per heavy atom. The average molecular weight is 281 g/mol. The summed E-state index contributed by atoms with van der Waals surface area (Å²) >= 11 is 0. The van der Waals surface area contributed by atoms with Gasteiger partial charge in [-0.15, -0.1) is 0 Å². The van der Waals surface area contributed by atoms with Crippen LogP contribution in [0.5, 0.6) is 0 Å². The number of aryl methyl sites for hydroxylation is 1. The number of ether oxygens (including phenoxy) is 1. The first-order chi connectivity index (χ1) is 9.67. The summed E-state index contributed by atoms with van der Waals surface area (Å²) in [6.45, 7) is 10.9. The summed E-state index contributed by atoms with van der Waals surface area (Å²) in [5.41, 5.74) is 1.18. The van der Waals surface area contributed by atoms with Gasteiger partial charge in [-0.25, -0.2) is 0 Å². The number of hydrogen-bond donors (Lipinski definition) is 1. The van der Waals surface area contributed by atoms with Crippen molar-refractivity contribution in [3.63, 3.8) is 0 Å². The van der Waals surface area contributed by atoms with Gasteiger partial charge in [-0.2, -0.15) is 0 Å². The van der Waals surface area contributed by atoms with E-state index in [2.05, 4.69) is 32.2 Å². The van der Waals surface area contributed by atoms with Crippen molar-refractivity contribution in [1.82, 2.24) is 5.32 Å². The van der Waals surface area contributed by atoms with E-state index in [0.717, 1.165) is 31.0 Å². The molecule has 1 atom stereocenters. The van der Waals surface area contributed by atoms with Gasteiger partial charge in [0.15, 0.2) is 0 Å². The third-order valence-corrected chi connectivity index (χ3v) is 3.61.